The van der Waals surface area contributed by atoms with Crippen LogP contribution in [0.2, 0.25) is 0 Å². The van der Waals surface area contributed by atoms with Gasteiger partial charge in [-0.25, -0.2) is 0 Å². The van der Waals surface area contributed by atoms with Gasteiger partial charge in [-0.2, -0.15) is 0 Å². The summed E-state index contributed by atoms with van der Waals surface area (Å²) in [6, 6.07) is 0. The molecular weight excluding hydrogens is 200 g/mol. The SMILES string of the molecule is CC1=C(C#CC(C)CC=O)C(C)(C)CC1=O. The fourth-order valence-corrected chi connectivity index (χ4v) is 1.93. The highest BCUT2D eigenvalue weighted by molar-refractivity contribution is 6.00. The van der Waals surface area contributed by atoms with E-state index in [1.807, 2.05) is 27.7 Å². The summed E-state index contributed by atoms with van der Waals surface area (Å²) in [7, 11) is 0. The molecule has 0 bridgehead atoms. The molecule has 1 unspecified atom stereocenters. The van der Waals surface area contributed by atoms with Gasteiger partial charge >= 0.3 is 0 Å². The highest BCUT2D eigenvalue weighted by atomic mass is 16.1. The van der Waals surface area contributed by atoms with Crippen molar-refractivity contribution in [3.05, 3.63) is 11.1 Å². The van der Waals surface area contributed by atoms with Crippen LogP contribution in [0.1, 0.15) is 40.5 Å². The predicted molar refractivity (Wildman–Crippen MR) is 63.7 cm³/mol. The van der Waals surface area contributed by atoms with Crippen LogP contribution in [0, 0.1) is 23.2 Å². The molecule has 0 aliphatic heterocycles. The van der Waals surface area contributed by atoms with Crippen molar-refractivity contribution >= 4 is 12.1 Å². The fourth-order valence-electron chi connectivity index (χ4n) is 1.93. The molecule has 0 N–H and O–H groups in total. The number of ketones is 1. The second kappa shape index (κ2) is 4.65. The van der Waals surface area contributed by atoms with Crippen LogP contribution in [-0.2, 0) is 9.59 Å². The van der Waals surface area contributed by atoms with E-state index in [0.717, 1.165) is 17.4 Å². The summed E-state index contributed by atoms with van der Waals surface area (Å²) in [4.78, 5) is 21.9. The minimum absolute atomic E-state index is 0.0595. The molecule has 0 aromatic heterocycles. The van der Waals surface area contributed by atoms with E-state index >= 15 is 0 Å². The molecular formula is C14H18O2. The Morgan fingerprint density at radius 3 is 2.56 bits per heavy atom. The first-order valence-electron chi connectivity index (χ1n) is 5.58. The number of carbonyl (C=O) groups is 2. The first-order chi connectivity index (χ1) is 7.38. The second-order valence-corrected chi connectivity index (χ2v) is 5.06. The van der Waals surface area contributed by atoms with Crippen LogP contribution >= 0.6 is 0 Å². The number of aldehydes is 1. The molecule has 2 heteroatoms. The smallest absolute Gasteiger partial charge is 0.160 e. The maximum atomic E-state index is 11.6. The van der Waals surface area contributed by atoms with Crippen molar-refractivity contribution in [3.8, 4) is 11.8 Å². The van der Waals surface area contributed by atoms with E-state index in [4.69, 9.17) is 0 Å². The lowest BCUT2D eigenvalue weighted by Gasteiger charge is -2.17. The van der Waals surface area contributed by atoms with E-state index in [9.17, 15) is 9.59 Å². The first-order valence-corrected chi connectivity index (χ1v) is 5.58. The van der Waals surface area contributed by atoms with Gasteiger partial charge in [-0.3, -0.25) is 4.79 Å². The average Bonchev–Trinajstić information content (AvgIpc) is 2.34. The standard InChI is InChI=1S/C14H18O2/c1-10(7-8-15)5-6-12-11(2)13(16)9-14(12,3)4/h8,10H,7,9H2,1-4H3. The lowest BCUT2D eigenvalue weighted by Crippen LogP contribution is -2.10. The maximum Gasteiger partial charge on any atom is 0.160 e. The van der Waals surface area contributed by atoms with Crippen molar-refractivity contribution in [2.75, 3.05) is 0 Å². The van der Waals surface area contributed by atoms with Gasteiger partial charge in [-0.1, -0.05) is 32.6 Å². The van der Waals surface area contributed by atoms with Crippen LogP contribution in [0.5, 0.6) is 0 Å². The van der Waals surface area contributed by atoms with E-state index in [2.05, 4.69) is 11.8 Å². The summed E-state index contributed by atoms with van der Waals surface area (Å²) in [5.41, 5.74) is 1.58. The zero-order valence-corrected chi connectivity index (χ0v) is 10.4. The summed E-state index contributed by atoms with van der Waals surface area (Å²) < 4.78 is 0. The molecule has 0 aromatic carbocycles. The lowest BCUT2D eigenvalue weighted by molar-refractivity contribution is -0.115. The normalized spacial score (nSPS) is 20.4. The third-order valence-corrected chi connectivity index (χ3v) is 2.97. The Hall–Kier alpha value is -1.36. The highest BCUT2D eigenvalue weighted by Gasteiger charge is 2.35. The molecule has 1 atom stereocenters. The zero-order chi connectivity index (χ0) is 12.3. The summed E-state index contributed by atoms with van der Waals surface area (Å²) >= 11 is 0. The molecule has 0 heterocycles. The molecule has 0 amide bonds. The molecule has 16 heavy (non-hydrogen) atoms. The Labute approximate surface area is 97.1 Å². The van der Waals surface area contributed by atoms with Crippen LogP contribution in [0.4, 0.5) is 0 Å². The molecule has 1 aliphatic carbocycles. The fraction of sp³-hybridized carbons (Fsp3) is 0.571. The van der Waals surface area contributed by atoms with Gasteiger partial charge in [0, 0.05) is 35.3 Å². The van der Waals surface area contributed by atoms with E-state index in [1.54, 1.807) is 0 Å². The Morgan fingerprint density at radius 2 is 2.12 bits per heavy atom. The van der Waals surface area contributed by atoms with Crippen molar-refractivity contribution in [2.45, 2.75) is 40.5 Å². The lowest BCUT2D eigenvalue weighted by atomic mass is 9.85. The third kappa shape index (κ3) is 2.61. The number of hydrogen-bond acceptors (Lipinski definition) is 2. The Morgan fingerprint density at radius 1 is 1.50 bits per heavy atom. The van der Waals surface area contributed by atoms with Crippen molar-refractivity contribution in [1.82, 2.24) is 0 Å². The largest absolute Gasteiger partial charge is 0.303 e. The molecule has 86 valence electrons. The van der Waals surface area contributed by atoms with Gasteiger partial charge in [0.15, 0.2) is 5.78 Å². The monoisotopic (exact) mass is 218 g/mol. The van der Waals surface area contributed by atoms with Crippen molar-refractivity contribution in [1.29, 1.82) is 0 Å². The van der Waals surface area contributed by atoms with Crippen LogP contribution in [0.15, 0.2) is 11.1 Å². The Kier molecular flexibility index (Phi) is 3.70. The minimum Gasteiger partial charge on any atom is -0.303 e. The molecule has 0 aromatic rings. The van der Waals surface area contributed by atoms with Crippen LogP contribution in [0.3, 0.4) is 0 Å². The Bertz CT molecular complexity index is 402. The van der Waals surface area contributed by atoms with Gasteiger partial charge in [-0.05, 0) is 6.92 Å². The summed E-state index contributed by atoms with van der Waals surface area (Å²) in [5, 5.41) is 0. The molecule has 0 radical (unpaired) electrons. The van der Waals surface area contributed by atoms with Crippen molar-refractivity contribution in [2.24, 2.45) is 11.3 Å². The first kappa shape index (κ1) is 12.7. The quantitative estimate of drug-likeness (QED) is 0.527. The van der Waals surface area contributed by atoms with E-state index in [1.165, 1.54) is 0 Å². The van der Waals surface area contributed by atoms with Crippen LogP contribution < -0.4 is 0 Å². The van der Waals surface area contributed by atoms with Gasteiger partial charge in [0.25, 0.3) is 0 Å². The minimum atomic E-state index is -0.144. The summed E-state index contributed by atoms with van der Waals surface area (Å²) in [6.45, 7) is 7.83. The van der Waals surface area contributed by atoms with E-state index < -0.39 is 0 Å². The zero-order valence-electron chi connectivity index (χ0n) is 10.4. The molecule has 0 fully saturated rings. The van der Waals surface area contributed by atoms with Gasteiger partial charge in [0.2, 0.25) is 0 Å². The van der Waals surface area contributed by atoms with Gasteiger partial charge in [0.1, 0.15) is 6.29 Å². The summed E-state index contributed by atoms with van der Waals surface area (Å²) in [5.74, 6) is 6.38. The maximum absolute atomic E-state index is 11.6. The highest BCUT2D eigenvalue weighted by Crippen LogP contribution is 2.39. The van der Waals surface area contributed by atoms with Gasteiger partial charge in [-0.15, -0.1) is 0 Å². The number of rotatable bonds is 2. The van der Waals surface area contributed by atoms with Crippen LogP contribution in [-0.4, -0.2) is 12.1 Å². The second-order valence-electron chi connectivity index (χ2n) is 5.06. The van der Waals surface area contributed by atoms with E-state index in [-0.39, 0.29) is 17.1 Å². The molecule has 1 aliphatic rings. The van der Waals surface area contributed by atoms with Gasteiger partial charge in [0.05, 0.1) is 0 Å². The van der Waals surface area contributed by atoms with Crippen LogP contribution in [0.25, 0.3) is 0 Å². The summed E-state index contributed by atoms with van der Waals surface area (Å²) in [6.07, 6.45) is 1.88. The van der Waals surface area contributed by atoms with Crippen molar-refractivity contribution < 1.29 is 9.59 Å². The molecule has 0 saturated carbocycles. The molecule has 2 nitrogen and oxygen atoms in total. The Balaban J connectivity index is 2.95. The third-order valence-electron chi connectivity index (χ3n) is 2.97. The van der Waals surface area contributed by atoms with E-state index in [0.29, 0.717) is 12.8 Å². The topological polar surface area (TPSA) is 34.1 Å². The number of carbonyl (C=O) groups excluding carboxylic acids is 2. The molecule has 0 spiro atoms. The van der Waals surface area contributed by atoms with Crippen molar-refractivity contribution in [3.63, 3.8) is 0 Å². The average molecular weight is 218 g/mol. The predicted octanol–water partition coefficient (Wildman–Crippen LogP) is 2.53. The number of Topliss-reactive ketones (excluding diaryl/α,β-unsaturated/α-hetero) is 1. The molecule has 0 saturated heterocycles. The number of hydrogen-bond donors (Lipinski definition) is 0. The number of allylic oxidation sites excluding steroid dienone is 2. The van der Waals surface area contributed by atoms with Gasteiger partial charge < -0.3 is 4.79 Å². The molecule has 1 rings (SSSR count).